The molecule has 1 amide bonds. The highest BCUT2D eigenvalue weighted by atomic mass is 16.2. The van der Waals surface area contributed by atoms with Crippen molar-refractivity contribution < 1.29 is 4.79 Å². The van der Waals surface area contributed by atoms with Crippen LogP contribution in [0.5, 0.6) is 0 Å². The van der Waals surface area contributed by atoms with Crippen molar-refractivity contribution in [2.45, 2.75) is 19.9 Å². The zero-order valence-electron chi connectivity index (χ0n) is 15.2. The molecule has 27 heavy (non-hydrogen) atoms. The Morgan fingerprint density at radius 2 is 1.96 bits per heavy atom. The van der Waals surface area contributed by atoms with E-state index in [1.54, 1.807) is 30.7 Å². The number of nitrogens with zero attached hydrogens (tertiary/aromatic N) is 7. The molecule has 0 aliphatic carbocycles. The highest BCUT2D eigenvalue weighted by Gasteiger charge is 2.22. The molecule has 3 aromatic rings. The largest absolute Gasteiger partial charge is 0.369 e. The first-order chi connectivity index (χ1) is 13.2. The quantitative estimate of drug-likeness (QED) is 0.742. The van der Waals surface area contributed by atoms with Gasteiger partial charge in [-0.05, 0) is 25.5 Å². The highest BCUT2D eigenvalue weighted by Crippen LogP contribution is 2.18. The molecular formula is C18H22N8O. The van der Waals surface area contributed by atoms with Crippen LogP contribution in [0.4, 0.5) is 11.9 Å². The summed E-state index contributed by atoms with van der Waals surface area (Å²) in [5.41, 5.74) is 7.81. The lowest BCUT2D eigenvalue weighted by atomic mass is 10.2. The van der Waals surface area contributed by atoms with E-state index in [1.807, 2.05) is 16.4 Å². The number of hydrogen-bond acceptors (Lipinski definition) is 7. The first-order valence-corrected chi connectivity index (χ1v) is 9.10. The zero-order chi connectivity index (χ0) is 18.8. The van der Waals surface area contributed by atoms with E-state index in [1.165, 1.54) is 0 Å². The van der Waals surface area contributed by atoms with Crippen LogP contribution in [-0.2, 0) is 6.54 Å². The van der Waals surface area contributed by atoms with Crippen LogP contribution < -0.4 is 10.6 Å². The van der Waals surface area contributed by atoms with Crippen molar-refractivity contribution in [2.24, 2.45) is 0 Å². The Kier molecular flexibility index (Phi) is 4.57. The van der Waals surface area contributed by atoms with Crippen LogP contribution in [-0.4, -0.2) is 61.5 Å². The predicted octanol–water partition coefficient (Wildman–Crippen LogP) is 1.18. The van der Waals surface area contributed by atoms with Crippen LogP contribution in [0.1, 0.15) is 23.7 Å². The van der Waals surface area contributed by atoms with Crippen molar-refractivity contribution in [3.8, 4) is 0 Å². The average molecular weight is 366 g/mol. The van der Waals surface area contributed by atoms with Crippen molar-refractivity contribution in [2.75, 3.05) is 36.8 Å². The third-order valence-corrected chi connectivity index (χ3v) is 4.80. The lowest BCUT2D eigenvalue weighted by molar-refractivity contribution is 0.0766. The zero-order valence-corrected chi connectivity index (χ0v) is 15.2. The number of nitrogen functional groups attached to an aromatic ring is 1. The summed E-state index contributed by atoms with van der Waals surface area (Å²) in [6.45, 7) is 5.49. The van der Waals surface area contributed by atoms with Crippen LogP contribution in [0.3, 0.4) is 0 Å². The van der Waals surface area contributed by atoms with Gasteiger partial charge in [-0.2, -0.15) is 0 Å². The van der Waals surface area contributed by atoms with E-state index >= 15 is 0 Å². The maximum atomic E-state index is 13.0. The Morgan fingerprint density at radius 1 is 1.15 bits per heavy atom. The molecule has 9 nitrogen and oxygen atoms in total. The van der Waals surface area contributed by atoms with Gasteiger partial charge in [-0.15, -0.1) is 0 Å². The molecule has 140 valence electrons. The van der Waals surface area contributed by atoms with Gasteiger partial charge in [0.05, 0.1) is 5.56 Å². The van der Waals surface area contributed by atoms with Crippen molar-refractivity contribution in [1.82, 2.24) is 29.4 Å². The fourth-order valence-corrected chi connectivity index (χ4v) is 3.41. The molecule has 1 aliphatic heterocycles. The third-order valence-electron chi connectivity index (χ3n) is 4.80. The van der Waals surface area contributed by atoms with Crippen molar-refractivity contribution >= 4 is 29.0 Å². The molecule has 2 N–H and O–H groups in total. The predicted molar refractivity (Wildman–Crippen MR) is 102 cm³/mol. The maximum Gasteiger partial charge on any atom is 0.255 e. The number of rotatable bonds is 3. The Bertz CT molecular complexity index is 955. The summed E-state index contributed by atoms with van der Waals surface area (Å²) in [5.74, 6) is 1.08. The number of fused-ring (bicyclic) bond motifs is 1. The lowest BCUT2D eigenvalue weighted by Gasteiger charge is -2.22. The van der Waals surface area contributed by atoms with Gasteiger partial charge in [-0.3, -0.25) is 9.36 Å². The fraction of sp³-hybridized carbons (Fsp3) is 0.389. The van der Waals surface area contributed by atoms with Crippen molar-refractivity contribution in [3.05, 3.63) is 36.3 Å². The minimum atomic E-state index is -0.0372. The van der Waals surface area contributed by atoms with E-state index < -0.39 is 0 Å². The first kappa shape index (κ1) is 17.2. The van der Waals surface area contributed by atoms with Crippen LogP contribution in [0.15, 0.2) is 30.7 Å². The standard InChI is InChI=1S/C18H22N8O/c1-2-26-15-14(23-17(26)19)11-13(12-22-15)16(27)24-7-4-8-25(10-9-24)18-20-5-3-6-21-18/h3,5-6,11-12H,2,4,7-10H2,1H3,(H2,19,23). The molecule has 4 rings (SSSR count). The summed E-state index contributed by atoms with van der Waals surface area (Å²) in [5, 5.41) is 0. The number of hydrogen-bond donors (Lipinski definition) is 1. The van der Waals surface area contributed by atoms with E-state index in [-0.39, 0.29) is 5.91 Å². The Labute approximate surface area is 156 Å². The van der Waals surface area contributed by atoms with Crippen LogP contribution in [0, 0.1) is 0 Å². The monoisotopic (exact) mass is 366 g/mol. The number of aryl methyl sites for hydroxylation is 1. The Hall–Kier alpha value is -3.23. The lowest BCUT2D eigenvalue weighted by Crippen LogP contribution is -2.35. The molecule has 1 saturated heterocycles. The van der Waals surface area contributed by atoms with Crippen LogP contribution >= 0.6 is 0 Å². The number of amides is 1. The summed E-state index contributed by atoms with van der Waals surface area (Å²) in [7, 11) is 0. The number of imidazole rings is 1. The summed E-state index contributed by atoms with van der Waals surface area (Å²) < 4.78 is 1.83. The second kappa shape index (κ2) is 7.18. The normalized spacial score (nSPS) is 15.1. The molecule has 3 aromatic heterocycles. The summed E-state index contributed by atoms with van der Waals surface area (Å²) in [6.07, 6.45) is 5.94. The van der Waals surface area contributed by atoms with Gasteiger partial charge in [0.15, 0.2) is 5.65 Å². The molecule has 0 bridgehead atoms. The van der Waals surface area contributed by atoms with E-state index in [4.69, 9.17) is 5.73 Å². The highest BCUT2D eigenvalue weighted by molar-refractivity contribution is 5.96. The topological polar surface area (TPSA) is 106 Å². The van der Waals surface area contributed by atoms with Gasteiger partial charge in [0, 0.05) is 51.3 Å². The third kappa shape index (κ3) is 3.27. The van der Waals surface area contributed by atoms with Gasteiger partial charge < -0.3 is 15.5 Å². The van der Waals surface area contributed by atoms with E-state index in [9.17, 15) is 4.79 Å². The van der Waals surface area contributed by atoms with E-state index in [0.717, 1.165) is 13.0 Å². The first-order valence-electron chi connectivity index (χ1n) is 9.10. The molecular weight excluding hydrogens is 344 g/mol. The number of carbonyl (C=O) groups excluding carboxylic acids is 1. The molecule has 0 aromatic carbocycles. The molecule has 0 spiro atoms. The number of nitrogens with two attached hydrogens (primary N) is 1. The molecule has 4 heterocycles. The number of anilines is 2. The molecule has 0 atom stereocenters. The smallest absolute Gasteiger partial charge is 0.255 e. The number of carbonyl (C=O) groups is 1. The minimum Gasteiger partial charge on any atom is -0.369 e. The summed E-state index contributed by atoms with van der Waals surface area (Å²) in [6, 6.07) is 3.57. The van der Waals surface area contributed by atoms with Gasteiger partial charge in [0.1, 0.15) is 5.52 Å². The molecule has 1 aliphatic rings. The van der Waals surface area contributed by atoms with Crippen LogP contribution in [0.2, 0.25) is 0 Å². The molecule has 0 radical (unpaired) electrons. The van der Waals surface area contributed by atoms with Gasteiger partial charge in [-0.25, -0.2) is 19.9 Å². The summed E-state index contributed by atoms with van der Waals surface area (Å²) in [4.78, 5) is 34.3. The second-order valence-corrected chi connectivity index (χ2v) is 6.46. The molecule has 0 unspecified atom stereocenters. The average Bonchev–Trinajstić information content (AvgIpc) is 2.86. The second-order valence-electron chi connectivity index (χ2n) is 6.46. The minimum absolute atomic E-state index is 0.0372. The SMILES string of the molecule is CCn1c(N)nc2cc(C(=O)N3CCCN(c4ncccn4)CC3)cnc21. The van der Waals surface area contributed by atoms with E-state index in [2.05, 4.69) is 24.8 Å². The molecule has 0 saturated carbocycles. The van der Waals surface area contributed by atoms with Crippen molar-refractivity contribution in [1.29, 1.82) is 0 Å². The Morgan fingerprint density at radius 3 is 2.74 bits per heavy atom. The van der Waals surface area contributed by atoms with Crippen molar-refractivity contribution in [3.63, 3.8) is 0 Å². The van der Waals surface area contributed by atoms with Gasteiger partial charge >= 0.3 is 0 Å². The Balaban J connectivity index is 1.52. The number of aromatic nitrogens is 5. The number of pyridine rings is 1. The fourth-order valence-electron chi connectivity index (χ4n) is 3.41. The maximum absolute atomic E-state index is 13.0. The molecule has 1 fully saturated rings. The molecule has 9 heteroatoms. The summed E-state index contributed by atoms with van der Waals surface area (Å²) >= 11 is 0. The van der Waals surface area contributed by atoms with E-state index in [0.29, 0.717) is 54.8 Å². The van der Waals surface area contributed by atoms with Gasteiger partial charge in [0.25, 0.3) is 5.91 Å². The van der Waals surface area contributed by atoms with Gasteiger partial charge in [0.2, 0.25) is 11.9 Å². The van der Waals surface area contributed by atoms with Gasteiger partial charge in [-0.1, -0.05) is 0 Å². The van der Waals surface area contributed by atoms with Crippen LogP contribution in [0.25, 0.3) is 11.2 Å².